The first kappa shape index (κ1) is 16.2. The molecule has 21 heavy (non-hydrogen) atoms. The Labute approximate surface area is 128 Å². The first-order chi connectivity index (χ1) is 10.0. The van der Waals surface area contributed by atoms with Crippen LogP contribution in [0.25, 0.3) is 0 Å². The number of aryl methyl sites for hydroxylation is 2. The molecule has 1 saturated heterocycles. The highest BCUT2D eigenvalue weighted by molar-refractivity contribution is 6.00. The van der Waals surface area contributed by atoms with Crippen molar-refractivity contribution >= 4 is 5.78 Å². The minimum absolute atomic E-state index is 0.107. The van der Waals surface area contributed by atoms with Crippen molar-refractivity contribution in [3.05, 3.63) is 34.9 Å². The Bertz CT molecular complexity index is 496. The average molecular weight is 289 g/mol. The normalized spacial score (nSPS) is 21.2. The van der Waals surface area contributed by atoms with Gasteiger partial charge in [0.2, 0.25) is 0 Å². The van der Waals surface area contributed by atoms with Gasteiger partial charge >= 0.3 is 0 Å². The summed E-state index contributed by atoms with van der Waals surface area (Å²) in [5.74, 6) is 0.197. The maximum atomic E-state index is 12.8. The Morgan fingerprint density at radius 1 is 1.33 bits per heavy atom. The molecular weight excluding hydrogens is 262 g/mol. The van der Waals surface area contributed by atoms with E-state index in [1.165, 1.54) is 17.5 Å². The monoisotopic (exact) mass is 289 g/mol. The van der Waals surface area contributed by atoms with Crippen LogP contribution in [0.2, 0.25) is 0 Å². The molecule has 0 saturated carbocycles. The molecule has 3 heteroatoms. The topological polar surface area (TPSA) is 40.5 Å². The molecule has 0 spiro atoms. The van der Waals surface area contributed by atoms with E-state index in [1.807, 2.05) is 32.0 Å². The molecule has 1 fully saturated rings. The third kappa shape index (κ3) is 3.72. The number of Topliss-reactive ketones (excluding diaryl/α,β-unsaturated/α-hetero) is 1. The molecular formula is C18H27NO2. The van der Waals surface area contributed by atoms with Gasteiger partial charge in [0.1, 0.15) is 0 Å². The summed E-state index contributed by atoms with van der Waals surface area (Å²) in [6, 6.07) is 6.19. The van der Waals surface area contributed by atoms with E-state index in [2.05, 4.69) is 11.8 Å². The smallest absolute Gasteiger partial charge is 0.179 e. The zero-order valence-corrected chi connectivity index (χ0v) is 13.4. The highest BCUT2D eigenvalue weighted by atomic mass is 16.3. The van der Waals surface area contributed by atoms with Crippen LogP contribution in [0.4, 0.5) is 0 Å². The summed E-state index contributed by atoms with van der Waals surface area (Å²) < 4.78 is 0. The van der Waals surface area contributed by atoms with E-state index in [1.54, 1.807) is 0 Å². The number of piperidine rings is 1. The molecule has 2 unspecified atom stereocenters. The van der Waals surface area contributed by atoms with Gasteiger partial charge in [0.05, 0.1) is 6.04 Å². The van der Waals surface area contributed by atoms with Gasteiger partial charge in [-0.3, -0.25) is 9.69 Å². The van der Waals surface area contributed by atoms with E-state index in [9.17, 15) is 9.90 Å². The van der Waals surface area contributed by atoms with E-state index >= 15 is 0 Å². The second kappa shape index (κ2) is 7.19. The van der Waals surface area contributed by atoms with Crippen LogP contribution in [0.3, 0.4) is 0 Å². The maximum Gasteiger partial charge on any atom is 0.179 e. The highest BCUT2D eigenvalue weighted by Crippen LogP contribution is 2.24. The van der Waals surface area contributed by atoms with E-state index in [0.717, 1.165) is 31.4 Å². The molecule has 0 aliphatic carbocycles. The van der Waals surface area contributed by atoms with Crippen molar-refractivity contribution in [2.45, 2.75) is 58.5 Å². The van der Waals surface area contributed by atoms with Gasteiger partial charge in [-0.25, -0.2) is 0 Å². The first-order valence-electron chi connectivity index (χ1n) is 8.02. The van der Waals surface area contributed by atoms with E-state index in [-0.39, 0.29) is 18.4 Å². The fraction of sp³-hybridized carbons (Fsp3) is 0.611. The molecule has 1 aromatic rings. The Hall–Kier alpha value is -1.19. The minimum Gasteiger partial charge on any atom is -0.396 e. The fourth-order valence-corrected chi connectivity index (χ4v) is 3.28. The lowest BCUT2D eigenvalue weighted by atomic mass is 9.94. The Kier molecular flexibility index (Phi) is 5.54. The van der Waals surface area contributed by atoms with Crippen molar-refractivity contribution in [2.75, 3.05) is 13.2 Å². The van der Waals surface area contributed by atoms with Crippen LogP contribution in [0.1, 0.15) is 54.1 Å². The van der Waals surface area contributed by atoms with Crippen molar-refractivity contribution in [1.29, 1.82) is 0 Å². The molecule has 2 atom stereocenters. The molecule has 2 rings (SSSR count). The summed E-state index contributed by atoms with van der Waals surface area (Å²) in [6.07, 6.45) is 4.20. The van der Waals surface area contributed by atoms with Gasteiger partial charge in [0.15, 0.2) is 5.78 Å². The minimum atomic E-state index is -0.107. The number of carbonyl (C=O) groups is 1. The summed E-state index contributed by atoms with van der Waals surface area (Å²) >= 11 is 0. The Morgan fingerprint density at radius 3 is 2.76 bits per heavy atom. The molecule has 1 N–H and O–H groups in total. The van der Waals surface area contributed by atoms with E-state index < -0.39 is 0 Å². The second-order valence-corrected chi connectivity index (χ2v) is 6.24. The zero-order chi connectivity index (χ0) is 15.4. The Morgan fingerprint density at radius 2 is 2.10 bits per heavy atom. The van der Waals surface area contributed by atoms with Crippen molar-refractivity contribution in [2.24, 2.45) is 0 Å². The molecule has 1 aliphatic heterocycles. The average Bonchev–Trinajstić information content (AvgIpc) is 2.49. The van der Waals surface area contributed by atoms with Crippen molar-refractivity contribution in [1.82, 2.24) is 4.90 Å². The zero-order valence-electron chi connectivity index (χ0n) is 13.4. The summed E-state index contributed by atoms with van der Waals surface area (Å²) in [5.41, 5.74) is 3.19. The van der Waals surface area contributed by atoms with E-state index in [4.69, 9.17) is 0 Å². The van der Waals surface area contributed by atoms with Crippen LogP contribution >= 0.6 is 0 Å². The number of carbonyl (C=O) groups excluding carboxylic acids is 1. The van der Waals surface area contributed by atoms with Crippen LogP contribution < -0.4 is 0 Å². The van der Waals surface area contributed by atoms with Crippen molar-refractivity contribution in [3.8, 4) is 0 Å². The first-order valence-corrected chi connectivity index (χ1v) is 8.02. The number of hydrogen-bond acceptors (Lipinski definition) is 3. The molecule has 0 radical (unpaired) electrons. The molecule has 0 amide bonds. The Balaban J connectivity index is 2.14. The van der Waals surface area contributed by atoms with Crippen molar-refractivity contribution < 1.29 is 9.90 Å². The molecule has 1 heterocycles. The number of aliphatic hydroxyl groups is 1. The van der Waals surface area contributed by atoms with E-state index in [0.29, 0.717) is 6.04 Å². The number of hydrogen-bond donors (Lipinski definition) is 1. The molecule has 0 bridgehead atoms. The van der Waals surface area contributed by atoms with Gasteiger partial charge in [-0.2, -0.15) is 0 Å². The maximum absolute atomic E-state index is 12.8. The predicted octanol–water partition coefficient (Wildman–Crippen LogP) is 3.11. The third-order valence-corrected chi connectivity index (χ3v) is 4.80. The summed E-state index contributed by atoms with van der Waals surface area (Å²) in [4.78, 5) is 15.0. The fourth-order valence-electron chi connectivity index (χ4n) is 3.28. The number of ketones is 1. The molecule has 3 nitrogen and oxygen atoms in total. The number of rotatable bonds is 5. The second-order valence-electron chi connectivity index (χ2n) is 6.24. The highest BCUT2D eigenvalue weighted by Gasteiger charge is 2.30. The standard InChI is InChI=1S/C18H27NO2/c1-13-7-8-16(12-14(13)2)18(21)15(3)19-10-5-4-6-17(19)9-11-20/h7-8,12,15,17,20H,4-6,9-11H2,1-3H3. The predicted molar refractivity (Wildman–Crippen MR) is 85.8 cm³/mol. The summed E-state index contributed by atoms with van der Waals surface area (Å²) in [7, 11) is 0. The van der Waals surface area contributed by atoms with Gasteiger partial charge in [-0.15, -0.1) is 0 Å². The van der Waals surface area contributed by atoms with Crippen LogP contribution in [-0.2, 0) is 0 Å². The largest absolute Gasteiger partial charge is 0.396 e. The van der Waals surface area contributed by atoms with Crippen LogP contribution in [0.5, 0.6) is 0 Å². The lowest BCUT2D eigenvalue weighted by molar-refractivity contribution is 0.0604. The lowest BCUT2D eigenvalue weighted by Gasteiger charge is -2.39. The third-order valence-electron chi connectivity index (χ3n) is 4.80. The molecule has 1 aromatic carbocycles. The van der Waals surface area contributed by atoms with Crippen LogP contribution in [0.15, 0.2) is 18.2 Å². The van der Waals surface area contributed by atoms with Gasteiger partial charge < -0.3 is 5.11 Å². The number of likely N-dealkylation sites (tertiary alicyclic amines) is 1. The van der Waals surface area contributed by atoms with Crippen molar-refractivity contribution in [3.63, 3.8) is 0 Å². The number of aliphatic hydroxyl groups excluding tert-OH is 1. The number of nitrogens with zero attached hydrogens (tertiary/aromatic N) is 1. The van der Waals surface area contributed by atoms with Gasteiger partial charge in [0, 0.05) is 18.2 Å². The number of benzene rings is 1. The quantitative estimate of drug-likeness (QED) is 0.847. The van der Waals surface area contributed by atoms with Crippen LogP contribution in [-0.4, -0.2) is 41.0 Å². The molecule has 1 aliphatic rings. The SMILES string of the molecule is Cc1ccc(C(=O)C(C)N2CCCCC2CCO)cc1C. The lowest BCUT2D eigenvalue weighted by Crippen LogP contribution is -2.48. The van der Waals surface area contributed by atoms with Gasteiger partial charge in [-0.05, 0) is 63.8 Å². The van der Waals surface area contributed by atoms with Gasteiger partial charge in [-0.1, -0.05) is 18.6 Å². The van der Waals surface area contributed by atoms with Crippen LogP contribution in [0, 0.1) is 13.8 Å². The summed E-state index contributed by atoms with van der Waals surface area (Å²) in [5, 5.41) is 9.23. The van der Waals surface area contributed by atoms with Gasteiger partial charge in [0.25, 0.3) is 0 Å². The summed E-state index contributed by atoms with van der Waals surface area (Å²) in [6.45, 7) is 7.28. The molecule has 116 valence electrons. The molecule has 0 aromatic heterocycles.